The highest BCUT2D eigenvalue weighted by atomic mass is 35.5. The van der Waals surface area contributed by atoms with E-state index < -0.39 is 10.0 Å². The lowest BCUT2D eigenvalue weighted by molar-refractivity contribution is -0.118. The van der Waals surface area contributed by atoms with Crippen LogP contribution in [-0.4, -0.2) is 27.0 Å². The van der Waals surface area contributed by atoms with Crippen molar-refractivity contribution in [3.05, 3.63) is 53.1 Å². The molecule has 0 radical (unpaired) electrons. The zero-order chi connectivity index (χ0) is 19.3. The molecule has 2 N–H and O–H groups in total. The first-order chi connectivity index (χ1) is 12.2. The van der Waals surface area contributed by atoms with E-state index in [1.165, 1.54) is 24.3 Å². The number of hydrogen-bond acceptors (Lipinski definition) is 4. The van der Waals surface area contributed by atoms with Gasteiger partial charge in [0.15, 0.2) is 6.61 Å². The molecule has 0 aliphatic heterocycles. The van der Waals surface area contributed by atoms with Crippen LogP contribution in [0.15, 0.2) is 47.4 Å². The van der Waals surface area contributed by atoms with Crippen molar-refractivity contribution in [1.29, 1.82) is 0 Å². The van der Waals surface area contributed by atoms with Gasteiger partial charge in [-0.2, -0.15) is 0 Å². The van der Waals surface area contributed by atoms with Gasteiger partial charge < -0.3 is 10.1 Å². The van der Waals surface area contributed by atoms with E-state index in [9.17, 15) is 13.2 Å². The first-order valence-corrected chi connectivity index (χ1v) is 9.84. The lowest BCUT2D eigenvalue weighted by Gasteiger charge is -2.11. The summed E-state index contributed by atoms with van der Waals surface area (Å²) in [6.07, 6.45) is 0. The molecular formula is C18H21ClN2O4S. The van der Waals surface area contributed by atoms with E-state index in [4.69, 9.17) is 16.3 Å². The quantitative estimate of drug-likeness (QED) is 0.751. The number of aryl methyl sites for hydroxylation is 1. The van der Waals surface area contributed by atoms with Crippen LogP contribution in [0.25, 0.3) is 0 Å². The van der Waals surface area contributed by atoms with Crippen molar-refractivity contribution in [2.24, 2.45) is 0 Å². The van der Waals surface area contributed by atoms with E-state index in [-0.39, 0.29) is 23.5 Å². The van der Waals surface area contributed by atoms with Crippen molar-refractivity contribution in [1.82, 2.24) is 4.72 Å². The van der Waals surface area contributed by atoms with E-state index in [0.29, 0.717) is 16.5 Å². The number of benzene rings is 2. The summed E-state index contributed by atoms with van der Waals surface area (Å²) in [7, 11) is -3.56. The molecule has 0 atom stereocenters. The second-order valence-corrected chi connectivity index (χ2v) is 8.19. The smallest absolute Gasteiger partial charge is 0.262 e. The second kappa shape index (κ2) is 8.53. The van der Waals surface area contributed by atoms with Gasteiger partial charge in [0.1, 0.15) is 5.75 Å². The van der Waals surface area contributed by atoms with Gasteiger partial charge in [0, 0.05) is 11.7 Å². The van der Waals surface area contributed by atoms with Gasteiger partial charge >= 0.3 is 0 Å². The maximum Gasteiger partial charge on any atom is 0.262 e. The van der Waals surface area contributed by atoms with Gasteiger partial charge in [-0.15, -0.1) is 0 Å². The second-order valence-electron chi connectivity index (χ2n) is 6.07. The molecule has 0 bridgehead atoms. The normalized spacial score (nSPS) is 11.4. The fourth-order valence-electron chi connectivity index (χ4n) is 2.16. The Morgan fingerprint density at radius 1 is 1.15 bits per heavy atom. The minimum Gasteiger partial charge on any atom is -0.482 e. The summed E-state index contributed by atoms with van der Waals surface area (Å²) in [6.45, 7) is 5.17. The monoisotopic (exact) mass is 396 g/mol. The standard InChI is InChI=1S/C18H21ClN2O4S/c1-12(2)21-26(23,24)15-7-5-14(6-8-15)20-18(22)11-25-17-10-13(3)4-9-16(17)19/h4-10,12,21H,11H2,1-3H3,(H,20,22). The SMILES string of the molecule is Cc1ccc(Cl)c(OCC(=O)Nc2ccc(S(=O)(=O)NC(C)C)cc2)c1. The van der Waals surface area contributed by atoms with Crippen molar-refractivity contribution >= 4 is 33.2 Å². The van der Waals surface area contributed by atoms with E-state index >= 15 is 0 Å². The third-order valence-corrected chi connectivity index (χ3v) is 5.27. The van der Waals surface area contributed by atoms with E-state index in [1.54, 1.807) is 26.0 Å². The molecule has 0 aliphatic rings. The van der Waals surface area contributed by atoms with Gasteiger partial charge in [-0.05, 0) is 62.7 Å². The number of carbonyl (C=O) groups is 1. The molecule has 2 aromatic rings. The maximum atomic E-state index is 12.1. The molecule has 0 aromatic heterocycles. The molecule has 2 aromatic carbocycles. The van der Waals surface area contributed by atoms with Crippen LogP contribution in [0.5, 0.6) is 5.75 Å². The average molecular weight is 397 g/mol. The lowest BCUT2D eigenvalue weighted by Crippen LogP contribution is -2.30. The van der Waals surface area contributed by atoms with Gasteiger partial charge in [-0.3, -0.25) is 4.79 Å². The van der Waals surface area contributed by atoms with Crippen molar-refractivity contribution < 1.29 is 17.9 Å². The number of sulfonamides is 1. The molecule has 8 heteroatoms. The lowest BCUT2D eigenvalue weighted by atomic mass is 10.2. The molecule has 2 rings (SSSR count). The van der Waals surface area contributed by atoms with Crippen LogP contribution in [0.1, 0.15) is 19.4 Å². The summed E-state index contributed by atoms with van der Waals surface area (Å²) in [5, 5.41) is 3.07. The van der Waals surface area contributed by atoms with E-state index in [1.807, 2.05) is 13.0 Å². The first kappa shape index (κ1) is 20.2. The zero-order valence-corrected chi connectivity index (χ0v) is 16.3. The van der Waals surface area contributed by atoms with E-state index in [0.717, 1.165) is 5.56 Å². The Balaban J connectivity index is 1.96. The van der Waals surface area contributed by atoms with Crippen LogP contribution in [0.4, 0.5) is 5.69 Å². The number of amides is 1. The van der Waals surface area contributed by atoms with Gasteiger partial charge in [-0.25, -0.2) is 13.1 Å². The molecule has 0 aliphatic carbocycles. The molecule has 1 amide bonds. The van der Waals surface area contributed by atoms with Crippen LogP contribution in [-0.2, 0) is 14.8 Å². The molecular weight excluding hydrogens is 376 g/mol. The van der Waals surface area contributed by atoms with Gasteiger partial charge in [-0.1, -0.05) is 17.7 Å². The van der Waals surface area contributed by atoms with Crippen LogP contribution < -0.4 is 14.8 Å². The Morgan fingerprint density at radius 3 is 2.42 bits per heavy atom. The highest BCUT2D eigenvalue weighted by molar-refractivity contribution is 7.89. The first-order valence-electron chi connectivity index (χ1n) is 7.98. The summed E-state index contributed by atoms with van der Waals surface area (Å²) < 4.78 is 32.0. The van der Waals surface area contributed by atoms with E-state index in [2.05, 4.69) is 10.0 Å². The fraction of sp³-hybridized carbons (Fsp3) is 0.278. The highest BCUT2D eigenvalue weighted by Gasteiger charge is 2.15. The molecule has 0 unspecified atom stereocenters. The minimum absolute atomic E-state index is 0.131. The summed E-state index contributed by atoms with van der Waals surface area (Å²) >= 11 is 6.02. The van der Waals surface area contributed by atoms with Crippen molar-refractivity contribution in [2.45, 2.75) is 31.7 Å². The number of ether oxygens (including phenoxy) is 1. The maximum absolute atomic E-state index is 12.1. The molecule has 0 saturated carbocycles. The Labute approximate surface area is 158 Å². The predicted octanol–water partition coefficient (Wildman–Crippen LogP) is 3.35. The van der Waals surface area contributed by atoms with Gasteiger partial charge in [0.2, 0.25) is 10.0 Å². The third-order valence-electron chi connectivity index (χ3n) is 3.28. The summed E-state index contributed by atoms with van der Waals surface area (Å²) in [5.74, 6) is 0.0569. The summed E-state index contributed by atoms with van der Waals surface area (Å²) in [5.41, 5.74) is 1.44. The van der Waals surface area contributed by atoms with Gasteiger partial charge in [0.25, 0.3) is 5.91 Å². The number of anilines is 1. The fourth-order valence-corrected chi connectivity index (χ4v) is 3.58. The Hall–Kier alpha value is -2.09. The van der Waals surface area contributed by atoms with Crippen LogP contribution >= 0.6 is 11.6 Å². The Bertz CT molecular complexity index is 881. The van der Waals surface area contributed by atoms with Crippen LogP contribution in [0.3, 0.4) is 0 Å². The summed E-state index contributed by atoms with van der Waals surface area (Å²) in [4.78, 5) is 12.1. The van der Waals surface area contributed by atoms with Crippen molar-refractivity contribution in [3.8, 4) is 5.75 Å². The van der Waals surface area contributed by atoms with Crippen molar-refractivity contribution in [2.75, 3.05) is 11.9 Å². The minimum atomic E-state index is -3.56. The number of rotatable bonds is 7. The molecule has 6 nitrogen and oxygen atoms in total. The summed E-state index contributed by atoms with van der Waals surface area (Å²) in [6, 6.07) is 11.0. The number of nitrogens with one attached hydrogen (secondary N) is 2. The van der Waals surface area contributed by atoms with Crippen LogP contribution in [0.2, 0.25) is 5.02 Å². The zero-order valence-electron chi connectivity index (χ0n) is 14.7. The third kappa shape index (κ3) is 5.72. The largest absolute Gasteiger partial charge is 0.482 e. The molecule has 0 saturated heterocycles. The Morgan fingerprint density at radius 2 is 1.81 bits per heavy atom. The molecule has 0 heterocycles. The number of hydrogen-bond donors (Lipinski definition) is 2. The number of carbonyl (C=O) groups excluding carboxylic acids is 1. The highest BCUT2D eigenvalue weighted by Crippen LogP contribution is 2.25. The van der Waals surface area contributed by atoms with Crippen molar-refractivity contribution in [3.63, 3.8) is 0 Å². The number of halogens is 1. The molecule has 140 valence electrons. The molecule has 0 fully saturated rings. The average Bonchev–Trinajstić information content (AvgIpc) is 2.55. The molecule has 26 heavy (non-hydrogen) atoms. The predicted molar refractivity (Wildman–Crippen MR) is 102 cm³/mol. The molecule has 0 spiro atoms. The Kier molecular flexibility index (Phi) is 6.63. The topological polar surface area (TPSA) is 84.5 Å². The van der Waals surface area contributed by atoms with Crippen LogP contribution in [0, 0.1) is 6.92 Å². The van der Waals surface area contributed by atoms with Gasteiger partial charge in [0.05, 0.1) is 9.92 Å².